The molecule has 0 aliphatic carbocycles. The van der Waals surface area contributed by atoms with Crippen LogP contribution in [0.3, 0.4) is 0 Å². The van der Waals surface area contributed by atoms with Crippen LogP contribution in [0.1, 0.15) is 12.8 Å². The van der Waals surface area contributed by atoms with Crippen molar-refractivity contribution >= 4 is 17.7 Å². The molecule has 4 heteroatoms. The average Bonchev–Trinajstić information content (AvgIpc) is 1.91. The fourth-order valence-corrected chi connectivity index (χ4v) is 0.819. The second-order valence-corrected chi connectivity index (χ2v) is 1.99. The molecular formula is C4H8ClNO2. The Morgan fingerprint density at radius 1 is 1.62 bits per heavy atom. The molecule has 0 aromatic rings. The van der Waals surface area contributed by atoms with Gasteiger partial charge in [-0.05, 0) is 6.42 Å². The zero-order chi connectivity index (χ0) is 5.28. The summed E-state index contributed by atoms with van der Waals surface area (Å²) in [5.74, 6) is 0.0571. The molecule has 0 aromatic heterocycles. The Labute approximate surface area is 52.6 Å². The van der Waals surface area contributed by atoms with Crippen LogP contribution in [0.15, 0.2) is 0 Å². The number of hydrogen-bond acceptors (Lipinski definition) is 1. The highest BCUT2D eigenvalue weighted by atomic mass is 35.5. The van der Waals surface area contributed by atoms with Crippen LogP contribution in [0.5, 0.6) is 0 Å². The van der Waals surface area contributed by atoms with Gasteiger partial charge in [0.2, 0.25) is 5.91 Å². The summed E-state index contributed by atoms with van der Waals surface area (Å²) in [5.41, 5.74) is 0. The minimum absolute atomic E-state index is 0. The summed E-state index contributed by atoms with van der Waals surface area (Å²) in [6.45, 7) is 0.723. The van der Waals surface area contributed by atoms with Crippen LogP contribution in [0.25, 0.3) is 0 Å². The third kappa shape index (κ3) is 1.35. The number of amides is 1. The molecule has 3 nitrogen and oxygen atoms in total. The first-order valence-corrected chi connectivity index (χ1v) is 2.60. The average molecular weight is 138 g/mol. The Hall–Kier alpha value is -0.280. The van der Waals surface area contributed by atoms with Gasteiger partial charge in [0.25, 0.3) is 0 Å². The van der Waals surface area contributed by atoms with Crippen LogP contribution in [-0.2, 0) is 4.79 Å². The topological polar surface area (TPSA) is 51.8 Å². The van der Waals surface area contributed by atoms with Crippen molar-refractivity contribution in [2.75, 3.05) is 6.54 Å². The van der Waals surface area contributed by atoms with Gasteiger partial charge >= 0.3 is 0 Å². The Kier molecular flexibility index (Phi) is 2.79. The molecule has 0 aromatic carbocycles. The summed E-state index contributed by atoms with van der Waals surface area (Å²) in [5, 5.41) is 0. The van der Waals surface area contributed by atoms with E-state index in [0.29, 0.717) is 6.42 Å². The summed E-state index contributed by atoms with van der Waals surface area (Å²) in [4.78, 5) is 10.4. The Balaban J connectivity index is 0.000000490. The first-order valence-electron chi connectivity index (χ1n) is 2.27. The maximum Gasteiger partial charge on any atom is 0.236 e. The fourth-order valence-electron chi connectivity index (χ4n) is 0.615. The van der Waals surface area contributed by atoms with Crippen LogP contribution in [0.4, 0.5) is 0 Å². The van der Waals surface area contributed by atoms with Gasteiger partial charge in [-0.2, -0.15) is 0 Å². The molecule has 1 aliphatic rings. The molecule has 8 heavy (non-hydrogen) atoms. The zero-order valence-electron chi connectivity index (χ0n) is 4.35. The van der Waals surface area contributed by atoms with E-state index in [1.54, 1.807) is 0 Å². The highest BCUT2D eigenvalue weighted by Gasteiger charge is 2.16. The van der Waals surface area contributed by atoms with E-state index in [0.717, 1.165) is 13.0 Å². The lowest BCUT2D eigenvalue weighted by Crippen LogP contribution is -2.10. The van der Waals surface area contributed by atoms with Gasteiger partial charge in [0.1, 0.15) is 0 Å². The first kappa shape index (κ1) is 7.72. The van der Waals surface area contributed by atoms with Crippen LogP contribution >= 0.6 is 11.8 Å². The molecule has 1 rings (SSSR count). The number of halogens is 1. The number of rotatable bonds is 0. The Bertz CT molecular complexity index is 96.0. The van der Waals surface area contributed by atoms with Crippen LogP contribution in [0.2, 0.25) is 0 Å². The maximum absolute atomic E-state index is 10.4. The molecule has 1 aliphatic heterocycles. The van der Waals surface area contributed by atoms with Crippen molar-refractivity contribution in [3.05, 3.63) is 0 Å². The van der Waals surface area contributed by atoms with E-state index in [2.05, 4.69) is 0 Å². The van der Waals surface area contributed by atoms with Crippen molar-refractivity contribution in [3.8, 4) is 0 Å². The van der Waals surface area contributed by atoms with Crippen LogP contribution < -0.4 is 0 Å². The van der Waals surface area contributed by atoms with Gasteiger partial charge in [-0.1, -0.05) is 0 Å². The van der Waals surface area contributed by atoms with Gasteiger partial charge < -0.3 is 5.48 Å². The van der Waals surface area contributed by atoms with E-state index in [1.165, 1.54) is 4.42 Å². The molecule has 2 N–H and O–H groups in total. The van der Waals surface area contributed by atoms with E-state index >= 15 is 0 Å². The smallest absolute Gasteiger partial charge is 0.236 e. The van der Waals surface area contributed by atoms with Gasteiger partial charge in [0, 0.05) is 24.7 Å². The van der Waals surface area contributed by atoms with Crippen molar-refractivity contribution in [2.45, 2.75) is 12.8 Å². The molecule has 0 bridgehead atoms. The molecule has 0 radical (unpaired) electrons. The summed E-state index contributed by atoms with van der Waals surface area (Å²) < 4.78 is 1.24. The van der Waals surface area contributed by atoms with Gasteiger partial charge in [-0.25, -0.2) is 0 Å². The standard InChI is InChI=1S/C4H6ClNO.H2O/c5-6-3-1-2-4(6)7;/h1-3H2;1H2. The second kappa shape index (κ2) is 2.89. The van der Waals surface area contributed by atoms with E-state index in [-0.39, 0.29) is 11.4 Å². The normalized spacial score (nSPS) is 18.6. The molecular weight excluding hydrogens is 130 g/mol. The van der Waals surface area contributed by atoms with Gasteiger partial charge in [-0.15, -0.1) is 0 Å². The van der Waals surface area contributed by atoms with Gasteiger partial charge in [0.15, 0.2) is 0 Å². The molecule has 0 atom stereocenters. The summed E-state index contributed by atoms with van der Waals surface area (Å²) in [6.07, 6.45) is 1.55. The molecule has 1 fully saturated rings. The summed E-state index contributed by atoms with van der Waals surface area (Å²) in [7, 11) is 0. The predicted molar refractivity (Wildman–Crippen MR) is 30.4 cm³/mol. The van der Waals surface area contributed by atoms with Crippen molar-refractivity contribution in [2.24, 2.45) is 0 Å². The van der Waals surface area contributed by atoms with E-state index < -0.39 is 0 Å². The number of hydrogen-bond donors (Lipinski definition) is 0. The zero-order valence-corrected chi connectivity index (χ0v) is 5.11. The molecule has 0 unspecified atom stereocenters. The molecule has 1 saturated heterocycles. The predicted octanol–water partition coefficient (Wildman–Crippen LogP) is -0.0621. The lowest BCUT2D eigenvalue weighted by atomic mass is 10.4. The number of carbonyl (C=O) groups is 1. The van der Waals surface area contributed by atoms with Crippen molar-refractivity contribution in [3.63, 3.8) is 0 Å². The first-order chi connectivity index (χ1) is 3.30. The number of carbonyl (C=O) groups excluding carboxylic acids is 1. The molecule has 0 spiro atoms. The van der Waals surface area contributed by atoms with E-state index in [4.69, 9.17) is 11.8 Å². The third-order valence-corrected chi connectivity index (χ3v) is 1.37. The van der Waals surface area contributed by atoms with Crippen LogP contribution in [-0.4, -0.2) is 22.3 Å². The quantitative estimate of drug-likeness (QED) is 0.432. The summed E-state index contributed by atoms with van der Waals surface area (Å²) in [6, 6.07) is 0. The van der Waals surface area contributed by atoms with Crippen LogP contribution in [0, 0.1) is 0 Å². The van der Waals surface area contributed by atoms with Crippen molar-refractivity contribution in [1.82, 2.24) is 4.42 Å². The largest absolute Gasteiger partial charge is 0.412 e. The van der Waals surface area contributed by atoms with Gasteiger partial charge in [-0.3, -0.25) is 9.21 Å². The van der Waals surface area contributed by atoms with Gasteiger partial charge in [0.05, 0.1) is 0 Å². The monoisotopic (exact) mass is 137 g/mol. The summed E-state index contributed by atoms with van der Waals surface area (Å²) >= 11 is 5.35. The lowest BCUT2D eigenvalue weighted by molar-refractivity contribution is -0.123. The molecule has 1 heterocycles. The highest BCUT2D eigenvalue weighted by Crippen LogP contribution is 2.10. The minimum atomic E-state index is 0. The molecule has 1 amide bonds. The van der Waals surface area contributed by atoms with E-state index in [1.807, 2.05) is 0 Å². The Morgan fingerprint density at radius 2 is 2.25 bits per heavy atom. The fraction of sp³-hybridized carbons (Fsp3) is 0.750. The van der Waals surface area contributed by atoms with Crippen molar-refractivity contribution < 1.29 is 10.3 Å². The molecule has 0 saturated carbocycles. The maximum atomic E-state index is 10.4. The second-order valence-electron chi connectivity index (χ2n) is 1.58. The highest BCUT2D eigenvalue weighted by molar-refractivity contribution is 6.21. The Morgan fingerprint density at radius 3 is 2.38 bits per heavy atom. The lowest BCUT2D eigenvalue weighted by Gasteiger charge is -1.98. The minimum Gasteiger partial charge on any atom is -0.412 e. The third-order valence-electron chi connectivity index (χ3n) is 1.02. The van der Waals surface area contributed by atoms with E-state index in [9.17, 15) is 4.79 Å². The number of nitrogens with zero attached hydrogens (tertiary/aromatic N) is 1. The molecule has 48 valence electrons. The van der Waals surface area contributed by atoms with Crippen molar-refractivity contribution in [1.29, 1.82) is 0 Å². The SMILES string of the molecule is O.O=C1CCCN1Cl.